The van der Waals surface area contributed by atoms with Crippen LogP contribution in [0.15, 0.2) is 66.7 Å². The first-order chi connectivity index (χ1) is 15.4. The van der Waals surface area contributed by atoms with Crippen LogP contribution in [-0.4, -0.2) is 27.8 Å². The SMILES string of the molecule is Cc1c(CC(N)=O)c2cc(-c3cccc(C(=O)O)c3C=O)ccc2n1Cc1ccccc1. The van der Waals surface area contributed by atoms with Crippen molar-refractivity contribution in [2.45, 2.75) is 19.9 Å². The molecule has 0 bridgehead atoms. The van der Waals surface area contributed by atoms with E-state index in [9.17, 15) is 19.5 Å². The van der Waals surface area contributed by atoms with E-state index in [1.165, 1.54) is 6.07 Å². The summed E-state index contributed by atoms with van der Waals surface area (Å²) in [5.41, 5.74) is 10.7. The van der Waals surface area contributed by atoms with Gasteiger partial charge < -0.3 is 15.4 Å². The summed E-state index contributed by atoms with van der Waals surface area (Å²) in [6, 6.07) is 20.5. The Bertz CT molecular complexity index is 1350. The molecule has 0 unspecified atom stereocenters. The maximum Gasteiger partial charge on any atom is 0.336 e. The number of nitrogens with two attached hydrogens (primary N) is 1. The Morgan fingerprint density at radius 3 is 2.44 bits per heavy atom. The van der Waals surface area contributed by atoms with E-state index < -0.39 is 11.9 Å². The van der Waals surface area contributed by atoms with E-state index in [2.05, 4.69) is 4.57 Å². The van der Waals surface area contributed by atoms with Gasteiger partial charge in [0.2, 0.25) is 5.91 Å². The number of benzene rings is 3. The molecule has 0 aliphatic heterocycles. The minimum Gasteiger partial charge on any atom is -0.478 e. The molecule has 160 valence electrons. The predicted molar refractivity (Wildman–Crippen MR) is 123 cm³/mol. The van der Waals surface area contributed by atoms with Crippen molar-refractivity contribution in [1.82, 2.24) is 4.57 Å². The highest BCUT2D eigenvalue weighted by Crippen LogP contribution is 2.33. The van der Waals surface area contributed by atoms with Crippen LogP contribution < -0.4 is 5.73 Å². The van der Waals surface area contributed by atoms with E-state index >= 15 is 0 Å². The molecule has 1 heterocycles. The van der Waals surface area contributed by atoms with Crippen molar-refractivity contribution in [3.05, 3.63) is 94.7 Å². The van der Waals surface area contributed by atoms with Gasteiger partial charge in [-0.15, -0.1) is 0 Å². The average Bonchev–Trinajstić information content (AvgIpc) is 3.04. The summed E-state index contributed by atoms with van der Waals surface area (Å²) >= 11 is 0. The van der Waals surface area contributed by atoms with Gasteiger partial charge in [0.1, 0.15) is 0 Å². The number of carboxylic acids is 1. The van der Waals surface area contributed by atoms with Crippen LogP contribution in [-0.2, 0) is 17.8 Å². The van der Waals surface area contributed by atoms with Crippen LogP contribution in [0.5, 0.6) is 0 Å². The zero-order valence-corrected chi connectivity index (χ0v) is 17.5. The van der Waals surface area contributed by atoms with Crippen molar-refractivity contribution in [2.75, 3.05) is 0 Å². The molecule has 4 aromatic rings. The highest BCUT2D eigenvalue weighted by molar-refractivity contribution is 6.03. The van der Waals surface area contributed by atoms with Crippen molar-refractivity contribution in [3.8, 4) is 11.1 Å². The maximum absolute atomic E-state index is 11.8. The number of primary amides is 1. The summed E-state index contributed by atoms with van der Waals surface area (Å²) in [7, 11) is 0. The molecule has 6 nitrogen and oxygen atoms in total. The minimum atomic E-state index is -1.16. The van der Waals surface area contributed by atoms with E-state index in [-0.39, 0.29) is 17.5 Å². The highest BCUT2D eigenvalue weighted by atomic mass is 16.4. The Morgan fingerprint density at radius 2 is 1.78 bits per heavy atom. The first-order valence-corrected chi connectivity index (χ1v) is 10.2. The van der Waals surface area contributed by atoms with Gasteiger partial charge >= 0.3 is 5.97 Å². The topological polar surface area (TPSA) is 102 Å². The molecule has 3 N–H and O–H groups in total. The van der Waals surface area contributed by atoms with Crippen molar-refractivity contribution < 1.29 is 19.5 Å². The third kappa shape index (κ3) is 3.78. The van der Waals surface area contributed by atoms with E-state index in [1.807, 2.05) is 55.5 Å². The van der Waals surface area contributed by atoms with Gasteiger partial charge in [-0.2, -0.15) is 0 Å². The van der Waals surface area contributed by atoms with Crippen molar-refractivity contribution in [3.63, 3.8) is 0 Å². The molecule has 0 aliphatic rings. The van der Waals surface area contributed by atoms with Gasteiger partial charge in [0.25, 0.3) is 0 Å². The number of amides is 1. The molecular weight excluding hydrogens is 404 g/mol. The molecule has 32 heavy (non-hydrogen) atoms. The number of hydrogen-bond donors (Lipinski definition) is 2. The largest absolute Gasteiger partial charge is 0.478 e. The number of carboxylic acid groups (broad SMARTS) is 1. The summed E-state index contributed by atoms with van der Waals surface area (Å²) in [4.78, 5) is 35.1. The Morgan fingerprint density at radius 1 is 1.03 bits per heavy atom. The maximum atomic E-state index is 11.8. The minimum absolute atomic E-state index is 0.0483. The average molecular weight is 426 g/mol. The lowest BCUT2D eigenvalue weighted by molar-refractivity contribution is -0.117. The zero-order valence-electron chi connectivity index (χ0n) is 17.5. The fourth-order valence-corrected chi connectivity index (χ4v) is 4.22. The summed E-state index contributed by atoms with van der Waals surface area (Å²) in [6.45, 7) is 2.60. The number of carbonyl (C=O) groups excluding carboxylic acids is 2. The lowest BCUT2D eigenvalue weighted by Crippen LogP contribution is -2.14. The Labute approximate surface area is 184 Å². The van der Waals surface area contributed by atoms with E-state index in [1.54, 1.807) is 12.1 Å². The van der Waals surface area contributed by atoms with Crippen LogP contribution in [0.25, 0.3) is 22.0 Å². The summed E-state index contributed by atoms with van der Waals surface area (Å²) in [5, 5.41) is 10.3. The number of rotatable bonds is 7. The van der Waals surface area contributed by atoms with E-state index in [0.29, 0.717) is 24.0 Å². The molecule has 0 atom stereocenters. The summed E-state index contributed by atoms with van der Waals surface area (Å²) in [6.07, 6.45) is 0.655. The smallest absolute Gasteiger partial charge is 0.336 e. The van der Waals surface area contributed by atoms with Gasteiger partial charge in [-0.3, -0.25) is 9.59 Å². The molecule has 1 aromatic heterocycles. The second-order valence-corrected chi connectivity index (χ2v) is 7.70. The molecule has 0 spiro atoms. The summed E-state index contributed by atoms with van der Waals surface area (Å²) < 4.78 is 2.14. The van der Waals surface area contributed by atoms with Gasteiger partial charge in [-0.05, 0) is 47.4 Å². The van der Waals surface area contributed by atoms with Crippen LogP contribution >= 0.6 is 0 Å². The van der Waals surface area contributed by atoms with Gasteiger partial charge in [-0.1, -0.05) is 48.5 Å². The number of hydrogen-bond acceptors (Lipinski definition) is 3. The summed E-state index contributed by atoms with van der Waals surface area (Å²) in [5.74, 6) is -1.59. The molecule has 0 radical (unpaired) electrons. The highest BCUT2D eigenvalue weighted by Gasteiger charge is 2.19. The molecule has 6 heteroatoms. The first kappa shape index (κ1) is 21.1. The number of nitrogens with zero attached hydrogens (tertiary/aromatic N) is 1. The van der Waals surface area contributed by atoms with Crippen LogP contribution in [0.2, 0.25) is 0 Å². The fourth-order valence-electron chi connectivity index (χ4n) is 4.22. The van der Waals surface area contributed by atoms with Gasteiger partial charge in [0, 0.05) is 28.7 Å². The number of aromatic nitrogens is 1. The quantitative estimate of drug-likeness (QED) is 0.432. The number of aromatic carboxylic acids is 1. The van der Waals surface area contributed by atoms with Gasteiger partial charge in [-0.25, -0.2) is 4.79 Å². The van der Waals surface area contributed by atoms with Crippen LogP contribution in [0, 0.1) is 6.92 Å². The molecule has 1 amide bonds. The third-order valence-electron chi connectivity index (χ3n) is 5.75. The third-order valence-corrected chi connectivity index (χ3v) is 5.75. The van der Waals surface area contributed by atoms with E-state index in [0.717, 1.165) is 27.7 Å². The Kier molecular flexibility index (Phi) is 5.60. The Hall–Kier alpha value is -4.19. The molecule has 0 aliphatic carbocycles. The molecule has 0 saturated heterocycles. The van der Waals surface area contributed by atoms with Crippen LogP contribution in [0.3, 0.4) is 0 Å². The number of aldehydes is 1. The fraction of sp³-hybridized carbons (Fsp3) is 0.115. The van der Waals surface area contributed by atoms with Crippen molar-refractivity contribution in [1.29, 1.82) is 0 Å². The van der Waals surface area contributed by atoms with Gasteiger partial charge in [0.15, 0.2) is 6.29 Å². The van der Waals surface area contributed by atoms with E-state index in [4.69, 9.17) is 5.73 Å². The molecule has 3 aromatic carbocycles. The molecule has 0 fully saturated rings. The van der Waals surface area contributed by atoms with Crippen molar-refractivity contribution >= 4 is 29.1 Å². The lowest BCUT2D eigenvalue weighted by atomic mass is 9.94. The number of carbonyl (C=O) groups is 3. The van der Waals surface area contributed by atoms with Crippen LogP contribution in [0.4, 0.5) is 0 Å². The predicted octanol–water partition coefficient (Wildman–Crippen LogP) is 4.20. The normalized spacial score (nSPS) is 10.9. The van der Waals surface area contributed by atoms with Crippen LogP contribution in [0.1, 0.15) is 37.5 Å². The standard InChI is InChI=1S/C26H22N2O4/c1-16-21(13-25(27)30)22-12-18(19-8-5-9-20(26(31)32)23(19)15-29)10-11-24(22)28(16)14-17-6-3-2-4-7-17/h2-12,15H,13-14H2,1H3,(H2,27,30)(H,31,32). The molecule has 0 saturated carbocycles. The monoisotopic (exact) mass is 426 g/mol. The second-order valence-electron chi connectivity index (χ2n) is 7.70. The Balaban J connectivity index is 1.93. The zero-order chi connectivity index (χ0) is 22.8. The molecule has 4 rings (SSSR count). The number of fused-ring (bicyclic) bond motifs is 1. The lowest BCUT2D eigenvalue weighted by Gasteiger charge is -2.10. The first-order valence-electron chi connectivity index (χ1n) is 10.2. The van der Waals surface area contributed by atoms with Crippen molar-refractivity contribution in [2.24, 2.45) is 5.73 Å². The molecular formula is C26H22N2O4. The van der Waals surface area contributed by atoms with Gasteiger partial charge in [0.05, 0.1) is 12.0 Å². The second kappa shape index (κ2) is 8.51.